The van der Waals surface area contributed by atoms with E-state index in [4.69, 9.17) is 26.3 Å². The zero-order chi connectivity index (χ0) is 20.1. The maximum atomic E-state index is 12.6. The number of halogens is 1. The first-order chi connectivity index (χ1) is 13.5. The molecule has 146 valence electrons. The van der Waals surface area contributed by atoms with Crippen LogP contribution in [-0.4, -0.2) is 38.1 Å². The lowest BCUT2D eigenvalue weighted by atomic mass is 10.0. The molecule has 3 rings (SSSR count). The Kier molecular flexibility index (Phi) is 6.40. The minimum absolute atomic E-state index is 0.0837. The van der Waals surface area contributed by atoms with Crippen LogP contribution in [-0.2, 0) is 4.79 Å². The number of carbonyl (C=O) groups is 1. The number of nitrogens with zero attached hydrogens (tertiary/aromatic N) is 2. The number of nitriles is 1. The Balaban J connectivity index is 1.72. The van der Waals surface area contributed by atoms with Gasteiger partial charge in [-0.05, 0) is 55.8 Å². The molecule has 1 heterocycles. The normalized spacial score (nSPS) is 16.4. The SMILES string of the molecule is COc1ccc(OC)c(C2CCCN2CC(=O)Nc2ccc(C#N)c(Cl)c2)c1. The van der Waals surface area contributed by atoms with Crippen LogP contribution < -0.4 is 14.8 Å². The molecule has 28 heavy (non-hydrogen) atoms. The molecule has 0 spiro atoms. The summed E-state index contributed by atoms with van der Waals surface area (Å²) >= 11 is 6.04. The highest BCUT2D eigenvalue weighted by molar-refractivity contribution is 6.32. The number of methoxy groups -OCH3 is 2. The van der Waals surface area contributed by atoms with Gasteiger partial charge in [0.1, 0.15) is 17.6 Å². The number of ether oxygens (including phenoxy) is 2. The summed E-state index contributed by atoms with van der Waals surface area (Å²) in [4.78, 5) is 14.7. The molecule has 1 fully saturated rings. The van der Waals surface area contributed by atoms with E-state index in [1.165, 1.54) is 0 Å². The summed E-state index contributed by atoms with van der Waals surface area (Å²) in [6.07, 6.45) is 1.94. The molecule has 6 nitrogen and oxygen atoms in total. The van der Waals surface area contributed by atoms with Gasteiger partial charge in [0.2, 0.25) is 5.91 Å². The van der Waals surface area contributed by atoms with Gasteiger partial charge in [0.25, 0.3) is 0 Å². The number of carbonyl (C=O) groups excluding carboxylic acids is 1. The third-order valence-corrected chi connectivity index (χ3v) is 5.19. The lowest BCUT2D eigenvalue weighted by Crippen LogP contribution is -2.33. The molecule has 1 aliphatic rings. The summed E-state index contributed by atoms with van der Waals surface area (Å²) in [7, 11) is 3.28. The van der Waals surface area contributed by atoms with Crippen molar-refractivity contribution in [3.05, 3.63) is 52.5 Å². The summed E-state index contributed by atoms with van der Waals surface area (Å²) in [5.74, 6) is 1.42. The molecule has 7 heteroatoms. The molecule has 2 aromatic carbocycles. The van der Waals surface area contributed by atoms with Crippen LogP contribution in [0.15, 0.2) is 36.4 Å². The average Bonchev–Trinajstić information content (AvgIpc) is 3.15. The number of hydrogen-bond donors (Lipinski definition) is 1. The van der Waals surface area contributed by atoms with E-state index in [0.29, 0.717) is 16.3 Å². The monoisotopic (exact) mass is 399 g/mol. The third-order valence-electron chi connectivity index (χ3n) is 4.88. The van der Waals surface area contributed by atoms with E-state index in [1.807, 2.05) is 24.3 Å². The zero-order valence-corrected chi connectivity index (χ0v) is 16.6. The Labute approximate surface area is 169 Å². The predicted octanol–water partition coefficient (Wildman–Crippen LogP) is 4.00. The lowest BCUT2D eigenvalue weighted by Gasteiger charge is -2.26. The minimum Gasteiger partial charge on any atom is -0.497 e. The molecule has 1 N–H and O–H groups in total. The molecular weight excluding hydrogens is 378 g/mol. The van der Waals surface area contributed by atoms with Crippen LogP contribution in [0.5, 0.6) is 11.5 Å². The topological polar surface area (TPSA) is 74.6 Å². The van der Waals surface area contributed by atoms with Crippen molar-refractivity contribution < 1.29 is 14.3 Å². The van der Waals surface area contributed by atoms with E-state index in [9.17, 15) is 4.79 Å². The molecule has 1 amide bonds. The molecule has 0 saturated carbocycles. The molecule has 1 unspecified atom stereocenters. The number of amides is 1. The first-order valence-electron chi connectivity index (χ1n) is 9.01. The van der Waals surface area contributed by atoms with E-state index in [2.05, 4.69) is 10.2 Å². The van der Waals surface area contributed by atoms with Gasteiger partial charge in [-0.15, -0.1) is 0 Å². The van der Waals surface area contributed by atoms with Crippen molar-refractivity contribution in [3.8, 4) is 17.6 Å². The van der Waals surface area contributed by atoms with Gasteiger partial charge < -0.3 is 14.8 Å². The molecule has 0 radical (unpaired) electrons. The highest BCUT2D eigenvalue weighted by atomic mass is 35.5. The Morgan fingerprint density at radius 1 is 1.29 bits per heavy atom. The van der Waals surface area contributed by atoms with Crippen LogP contribution in [0.3, 0.4) is 0 Å². The standard InChI is InChI=1S/C21H22ClN3O3/c1-27-16-7-8-20(28-2)17(11-16)19-4-3-9-25(19)13-21(26)24-15-6-5-14(12-23)18(22)10-15/h5-8,10-11,19H,3-4,9,13H2,1-2H3,(H,24,26). The van der Waals surface area contributed by atoms with E-state index in [0.717, 1.165) is 36.4 Å². The predicted molar refractivity (Wildman–Crippen MR) is 108 cm³/mol. The third kappa shape index (κ3) is 4.38. The summed E-state index contributed by atoms with van der Waals surface area (Å²) in [5.41, 5.74) is 1.97. The van der Waals surface area contributed by atoms with Gasteiger partial charge in [-0.1, -0.05) is 11.6 Å². The fourth-order valence-electron chi connectivity index (χ4n) is 3.54. The number of benzene rings is 2. The maximum absolute atomic E-state index is 12.6. The quantitative estimate of drug-likeness (QED) is 0.794. The van der Waals surface area contributed by atoms with Crippen molar-refractivity contribution in [3.63, 3.8) is 0 Å². The number of likely N-dealkylation sites (tertiary alicyclic amines) is 1. The van der Waals surface area contributed by atoms with Crippen molar-refractivity contribution in [2.24, 2.45) is 0 Å². The molecule has 0 aromatic heterocycles. The second kappa shape index (κ2) is 8.96. The van der Waals surface area contributed by atoms with Gasteiger partial charge in [-0.25, -0.2) is 0 Å². The van der Waals surface area contributed by atoms with Crippen molar-refractivity contribution in [1.29, 1.82) is 5.26 Å². The molecule has 1 atom stereocenters. The molecule has 1 saturated heterocycles. The number of rotatable bonds is 6. The lowest BCUT2D eigenvalue weighted by molar-refractivity contribution is -0.117. The second-order valence-corrected chi connectivity index (χ2v) is 7.00. The summed E-state index contributed by atoms with van der Waals surface area (Å²) < 4.78 is 10.9. The van der Waals surface area contributed by atoms with E-state index < -0.39 is 0 Å². The Bertz CT molecular complexity index is 910. The van der Waals surface area contributed by atoms with Crippen molar-refractivity contribution in [2.45, 2.75) is 18.9 Å². The summed E-state index contributed by atoms with van der Waals surface area (Å²) in [5, 5.41) is 12.1. The maximum Gasteiger partial charge on any atom is 0.238 e. The van der Waals surface area contributed by atoms with Gasteiger partial charge >= 0.3 is 0 Å². The molecule has 2 aromatic rings. The van der Waals surface area contributed by atoms with Gasteiger partial charge in [0, 0.05) is 17.3 Å². The van der Waals surface area contributed by atoms with Gasteiger partial charge in [-0.2, -0.15) is 5.26 Å². The molecular formula is C21H22ClN3O3. The van der Waals surface area contributed by atoms with Crippen molar-refractivity contribution in [1.82, 2.24) is 4.90 Å². The number of hydrogen-bond acceptors (Lipinski definition) is 5. The van der Waals surface area contributed by atoms with E-state index >= 15 is 0 Å². The van der Waals surface area contributed by atoms with Crippen LogP contribution in [0, 0.1) is 11.3 Å². The molecule has 1 aliphatic heterocycles. The highest BCUT2D eigenvalue weighted by Gasteiger charge is 2.30. The van der Waals surface area contributed by atoms with Crippen molar-refractivity contribution >= 4 is 23.2 Å². The highest BCUT2D eigenvalue weighted by Crippen LogP contribution is 2.38. The van der Waals surface area contributed by atoms with Crippen LogP contribution in [0.1, 0.15) is 30.0 Å². The van der Waals surface area contributed by atoms with Crippen LogP contribution >= 0.6 is 11.6 Å². The van der Waals surface area contributed by atoms with Crippen molar-refractivity contribution in [2.75, 3.05) is 32.6 Å². The van der Waals surface area contributed by atoms with E-state index in [1.54, 1.807) is 32.4 Å². The number of anilines is 1. The fourth-order valence-corrected chi connectivity index (χ4v) is 3.76. The van der Waals surface area contributed by atoms with Crippen LogP contribution in [0.4, 0.5) is 5.69 Å². The molecule has 0 bridgehead atoms. The van der Waals surface area contributed by atoms with Gasteiger partial charge in [-0.3, -0.25) is 9.69 Å². The smallest absolute Gasteiger partial charge is 0.238 e. The Hall–Kier alpha value is -2.75. The zero-order valence-electron chi connectivity index (χ0n) is 15.9. The largest absolute Gasteiger partial charge is 0.497 e. The molecule has 0 aliphatic carbocycles. The number of nitrogens with one attached hydrogen (secondary N) is 1. The van der Waals surface area contributed by atoms with Crippen LogP contribution in [0.25, 0.3) is 0 Å². The Morgan fingerprint density at radius 3 is 2.79 bits per heavy atom. The van der Waals surface area contributed by atoms with Gasteiger partial charge in [0.15, 0.2) is 0 Å². The first-order valence-corrected chi connectivity index (χ1v) is 9.39. The fraction of sp³-hybridized carbons (Fsp3) is 0.333. The van der Waals surface area contributed by atoms with Crippen LogP contribution in [0.2, 0.25) is 5.02 Å². The first kappa shape index (κ1) is 20.0. The average molecular weight is 400 g/mol. The van der Waals surface area contributed by atoms with E-state index in [-0.39, 0.29) is 18.5 Å². The Morgan fingerprint density at radius 2 is 2.11 bits per heavy atom. The minimum atomic E-state index is -0.130. The van der Waals surface area contributed by atoms with Gasteiger partial charge in [0.05, 0.1) is 31.4 Å². The second-order valence-electron chi connectivity index (χ2n) is 6.59. The summed E-state index contributed by atoms with van der Waals surface area (Å²) in [6, 6.07) is 12.7. The summed E-state index contributed by atoms with van der Waals surface area (Å²) in [6.45, 7) is 1.08.